The van der Waals surface area contributed by atoms with Crippen molar-refractivity contribution >= 4 is 23.8 Å². The first-order valence-corrected chi connectivity index (χ1v) is 29.9. The number of pyridine rings is 1. The summed E-state index contributed by atoms with van der Waals surface area (Å²) in [6, 6.07) is 21.0. The molecule has 0 radical (unpaired) electrons. The first kappa shape index (κ1) is 61.2. The standard InChI is InChI=1S/C64H99N5O6/c1-6-8-10-12-14-16-18-20-22-24-29-39-59(70)74-55(49-69-43-42-68(48-52-36-33-41-65-47-52)50-57(69)63(73)67-64(3,4)5)45-54(44-51-34-27-26-28-35-51)62(72)66-61-56-38-32-31-37-53(56)46-58(61)75-60(71)40-30-25-23-21-19-17-15-13-11-9-7-2/h26-28,31-38,41,47,54-55,57-58,61H,6-25,29-30,39-40,42-46,48-50H2,1-5H3,(H,66,72)(H,67,73)/t54-,55-,57-,58+,61-/m0/s1. The lowest BCUT2D eigenvalue weighted by Gasteiger charge is -2.42. The van der Waals surface area contributed by atoms with Gasteiger partial charge in [-0.05, 0) is 74.8 Å². The first-order valence-electron chi connectivity index (χ1n) is 29.9. The van der Waals surface area contributed by atoms with Gasteiger partial charge < -0.3 is 20.1 Å². The average Bonchev–Trinajstić information content (AvgIpc) is 3.73. The van der Waals surface area contributed by atoms with Gasteiger partial charge in [0.05, 0.1) is 6.04 Å². The van der Waals surface area contributed by atoms with Crippen LogP contribution in [0.3, 0.4) is 0 Å². The highest BCUT2D eigenvalue weighted by molar-refractivity contribution is 5.83. The lowest BCUT2D eigenvalue weighted by Crippen LogP contribution is -2.62. The number of fused-ring (bicyclic) bond motifs is 1. The molecule has 2 aliphatic rings. The SMILES string of the molecule is CCCCCCCCCCCCCC(=O)O[C@@H](C[C@H](Cc1ccccc1)C(=O)N[C@H]1c2ccccc2C[C@H]1OC(=O)CCCCCCCCCCCCC)CN1CCN(Cc2cccnc2)C[C@H]1C(=O)NC(C)(C)C. The van der Waals surface area contributed by atoms with E-state index in [2.05, 4.69) is 51.4 Å². The van der Waals surface area contributed by atoms with E-state index < -0.39 is 35.7 Å². The van der Waals surface area contributed by atoms with Gasteiger partial charge in [0.1, 0.15) is 18.2 Å². The van der Waals surface area contributed by atoms with Crippen molar-refractivity contribution < 1.29 is 28.7 Å². The summed E-state index contributed by atoms with van der Waals surface area (Å²) in [5.41, 5.74) is 3.65. The van der Waals surface area contributed by atoms with E-state index in [4.69, 9.17) is 9.47 Å². The molecule has 0 bridgehead atoms. The Kier molecular flexibility index (Phi) is 28.5. The summed E-state index contributed by atoms with van der Waals surface area (Å²) in [4.78, 5) is 65.6. The van der Waals surface area contributed by atoms with E-state index in [-0.39, 0.29) is 30.2 Å². The number of amides is 2. The van der Waals surface area contributed by atoms with Crippen LogP contribution < -0.4 is 10.6 Å². The molecular weight excluding hydrogens is 935 g/mol. The van der Waals surface area contributed by atoms with Crippen LogP contribution in [-0.2, 0) is 48.0 Å². The minimum absolute atomic E-state index is 0.0769. The van der Waals surface area contributed by atoms with E-state index in [0.29, 0.717) is 58.4 Å². The molecule has 2 N–H and O–H groups in total. The maximum Gasteiger partial charge on any atom is 0.306 e. The van der Waals surface area contributed by atoms with Gasteiger partial charge in [0.2, 0.25) is 11.8 Å². The molecule has 0 spiro atoms. The molecule has 11 nitrogen and oxygen atoms in total. The van der Waals surface area contributed by atoms with Gasteiger partial charge in [-0.1, -0.05) is 203 Å². The number of unbranched alkanes of at least 4 members (excludes halogenated alkanes) is 20. The fourth-order valence-corrected chi connectivity index (χ4v) is 11.1. The van der Waals surface area contributed by atoms with Crippen LogP contribution in [0.1, 0.15) is 223 Å². The van der Waals surface area contributed by atoms with Crippen molar-refractivity contribution in [1.82, 2.24) is 25.4 Å². The second-order valence-electron chi connectivity index (χ2n) is 23.1. The van der Waals surface area contributed by atoms with Crippen LogP contribution in [0, 0.1) is 5.92 Å². The number of esters is 2. The van der Waals surface area contributed by atoms with Crippen molar-refractivity contribution in [1.29, 1.82) is 0 Å². The smallest absolute Gasteiger partial charge is 0.306 e. The number of carbonyl (C=O) groups is 4. The molecule has 0 unspecified atom stereocenters. The highest BCUT2D eigenvalue weighted by atomic mass is 16.5. The molecule has 416 valence electrons. The molecule has 2 aromatic carbocycles. The molecule has 75 heavy (non-hydrogen) atoms. The zero-order valence-corrected chi connectivity index (χ0v) is 47.3. The van der Waals surface area contributed by atoms with Gasteiger partial charge >= 0.3 is 11.9 Å². The summed E-state index contributed by atoms with van der Waals surface area (Å²) in [5.74, 6) is -1.34. The van der Waals surface area contributed by atoms with Crippen molar-refractivity contribution in [3.63, 3.8) is 0 Å². The van der Waals surface area contributed by atoms with Gasteiger partial charge in [0.15, 0.2) is 0 Å². The average molecular weight is 1030 g/mol. The fourth-order valence-electron chi connectivity index (χ4n) is 11.1. The third kappa shape index (κ3) is 24.1. The molecule has 1 aliphatic heterocycles. The van der Waals surface area contributed by atoms with E-state index in [0.717, 1.165) is 60.8 Å². The minimum Gasteiger partial charge on any atom is -0.461 e. The number of benzene rings is 2. The zero-order chi connectivity index (χ0) is 53.5. The lowest BCUT2D eigenvalue weighted by molar-refractivity contribution is -0.153. The molecule has 5 rings (SSSR count). The van der Waals surface area contributed by atoms with Crippen LogP contribution in [0.25, 0.3) is 0 Å². The van der Waals surface area contributed by atoms with E-state index in [1.165, 1.54) is 103 Å². The zero-order valence-electron chi connectivity index (χ0n) is 47.3. The van der Waals surface area contributed by atoms with Crippen LogP contribution in [0.2, 0.25) is 0 Å². The number of piperazine rings is 1. The molecular formula is C64H99N5O6. The Hall–Kier alpha value is -4.61. The number of carbonyl (C=O) groups excluding carboxylic acids is 4. The first-order chi connectivity index (χ1) is 36.4. The quantitative estimate of drug-likeness (QED) is 0.0428. The topological polar surface area (TPSA) is 130 Å². The summed E-state index contributed by atoms with van der Waals surface area (Å²) in [5, 5.41) is 6.64. The van der Waals surface area contributed by atoms with Crippen molar-refractivity contribution in [2.24, 2.45) is 5.92 Å². The van der Waals surface area contributed by atoms with Crippen LogP contribution in [0.4, 0.5) is 0 Å². The number of nitrogens with one attached hydrogen (secondary N) is 2. The van der Waals surface area contributed by atoms with Gasteiger partial charge in [-0.15, -0.1) is 0 Å². The second kappa shape index (κ2) is 34.9. The molecule has 1 saturated heterocycles. The Balaban J connectivity index is 1.29. The molecule has 1 fully saturated rings. The Bertz CT molecular complexity index is 2060. The predicted octanol–water partition coefficient (Wildman–Crippen LogP) is 13.4. The Morgan fingerprint density at radius 2 is 1.23 bits per heavy atom. The minimum atomic E-state index is -0.672. The summed E-state index contributed by atoms with van der Waals surface area (Å²) >= 11 is 0. The Labute approximate surface area is 453 Å². The highest BCUT2D eigenvalue weighted by Crippen LogP contribution is 2.35. The van der Waals surface area contributed by atoms with Gasteiger partial charge in [-0.2, -0.15) is 0 Å². The van der Waals surface area contributed by atoms with Gasteiger partial charge in [0.25, 0.3) is 0 Å². The number of hydrogen-bond donors (Lipinski definition) is 2. The van der Waals surface area contributed by atoms with E-state index in [1.54, 1.807) is 6.20 Å². The fraction of sp³-hybridized carbons (Fsp3) is 0.672. The van der Waals surface area contributed by atoms with Crippen molar-refractivity contribution in [3.8, 4) is 0 Å². The molecule has 1 aromatic heterocycles. The Morgan fingerprint density at radius 3 is 1.81 bits per heavy atom. The normalized spacial score (nSPS) is 17.7. The number of nitrogens with zero attached hydrogens (tertiary/aromatic N) is 3. The predicted molar refractivity (Wildman–Crippen MR) is 304 cm³/mol. The molecule has 1 aliphatic carbocycles. The third-order valence-corrected chi connectivity index (χ3v) is 15.2. The third-order valence-electron chi connectivity index (χ3n) is 15.2. The summed E-state index contributed by atoms with van der Waals surface area (Å²) in [6.07, 6.45) is 30.6. The summed E-state index contributed by atoms with van der Waals surface area (Å²) < 4.78 is 12.8. The Morgan fingerprint density at radius 1 is 0.667 bits per heavy atom. The molecule has 2 amide bonds. The van der Waals surface area contributed by atoms with Crippen molar-refractivity contribution in [2.75, 3.05) is 26.2 Å². The van der Waals surface area contributed by atoms with Crippen LogP contribution in [-0.4, -0.2) is 88.5 Å². The molecule has 3 aromatic rings. The molecule has 5 atom stereocenters. The van der Waals surface area contributed by atoms with E-state index in [1.807, 2.05) is 81.6 Å². The molecule has 0 saturated carbocycles. The number of hydrogen-bond acceptors (Lipinski definition) is 9. The highest BCUT2D eigenvalue weighted by Gasteiger charge is 2.40. The largest absolute Gasteiger partial charge is 0.461 e. The number of aromatic nitrogens is 1. The number of rotatable bonds is 37. The van der Waals surface area contributed by atoms with Crippen molar-refractivity contribution in [2.45, 2.75) is 244 Å². The van der Waals surface area contributed by atoms with Gasteiger partial charge in [0, 0.05) is 75.8 Å². The van der Waals surface area contributed by atoms with E-state index >= 15 is 4.79 Å². The van der Waals surface area contributed by atoms with Gasteiger partial charge in [-0.3, -0.25) is 34.0 Å². The number of ether oxygens (including phenoxy) is 2. The van der Waals surface area contributed by atoms with Crippen LogP contribution in [0.15, 0.2) is 79.1 Å². The maximum atomic E-state index is 15.1. The van der Waals surface area contributed by atoms with Crippen LogP contribution >= 0.6 is 0 Å². The lowest BCUT2D eigenvalue weighted by atomic mass is 9.91. The second-order valence-corrected chi connectivity index (χ2v) is 23.1. The van der Waals surface area contributed by atoms with Crippen molar-refractivity contribution in [3.05, 3.63) is 101 Å². The molecule has 2 heterocycles. The summed E-state index contributed by atoms with van der Waals surface area (Å²) in [6.45, 7) is 13.2. The van der Waals surface area contributed by atoms with Gasteiger partial charge in [-0.25, -0.2) is 0 Å². The molecule has 11 heteroatoms. The van der Waals surface area contributed by atoms with E-state index in [9.17, 15) is 14.4 Å². The maximum absolute atomic E-state index is 15.1. The van der Waals surface area contributed by atoms with Crippen LogP contribution in [0.5, 0.6) is 0 Å². The summed E-state index contributed by atoms with van der Waals surface area (Å²) in [7, 11) is 0. The monoisotopic (exact) mass is 1030 g/mol.